The number of β-lactam (4-membered cyclic amide) rings is 1. The molecule has 1 fully saturated rings. The molecule has 2 aliphatic rings. The monoisotopic (exact) mass is 839 g/mol. The first-order chi connectivity index (χ1) is 28.9. The molecule has 2 N–H and O–H groups in total. The maximum atomic E-state index is 14.1. The molecule has 1 saturated heterocycles. The number of aromatic nitrogens is 1. The number of esters is 1. The first-order valence-electron chi connectivity index (χ1n) is 18.8. The van der Waals surface area contributed by atoms with Gasteiger partial charge in [0.1, 0.15) is 35.5 Å². The molecule has 5 aromatic carbocycles. The van der Waals surface area contributed by atoms with E-state index < -0.39 is 40.8 Å². The zero-order valence-electron chi connectivity index (χ0n) is 31.7. The van der Waals surface area contributed by atoms with Crippen molar-refractivity contribution in [2.24, 2.45) is 5.16 Å². The second-order valence-corrected chi connectivity index (χ2v) is 15.9. The number of thiazole rings is 1. The summed E-state index contributed by atoms with van der Waals surface area (Å²) >= 11 is 9.07. The Balaban J connectivity index is 1.03. The van der Waals surface area contributed by atoms with Gasteiger partial charge in [-0.2, -0.15) is 0 Å². The van der Waals surface area contributed by atoms with Crippen molar-refractivity contribution in [2.75, 3.05) is 24.1 Å². The first kappa shape index (κ1) is 39.6. The van der Waals surface area contributed by atoms with Gasteiger partial charge in [0.2, 0.25) is 0 Å². The fourth-order valence-corrected chi connectivity index (χ4v) is 9.84. The number of hydrogen-bond donors (Lipinski definition) is 2. The van der Waals surface area contributed by atoms with Crippen LogP contribution in [0.3, 0.4) is 0 Å². The highest BCUT2D eigenvalue weighted by Crippen LogP contribution is 2.43. The molecule has 2 aliphatic heterocycles. The number of alkyl halides is 1. The van der Waals surface area contributed by atoms with Gasteiger partial charge >= 0.3 is 5.97 Å². The maximum Gasteiger partial charge on any atom is 0.356 e. The topological polar surface area (TPSA) is 122 Å². The van der Waals surface area contributed by atoms with Crippen molar-refractivity contribution in [3.63, 3.8) is 0 Å². The summed E-state index contributed by atoms with van der Waals surface area (Å²) in [4.78, 5) is 53.4. The minimum Gasteiger partial charge on any atom is -0.448 e. The molecule has 8 rings (SSSR count). The Hall–Kier alpha value is -6.21. The third kappa shape index (κ3) is 7.86. The standard InChI is InChI=1S/C46H38ClN5O5S2/c1-56-51-37(36-29-59-45(48-36)50-46(33-21-11-4-12-22-33,34-23-13-5-14-24-34)35-25-15-6-16-26-35)41(53)49-38-42(54)52-39(32(27-47)28-58-43(38)52)44(55)57-40(30-17-7-2-8-18-30)31-19-9-3-10-20-31/h2-26,29,38,40,43H,27-28H2,1H3,(H,48,50)(H,49,53)/b51-37+/t38?,43-/m1/s1. The minimum atomic E-state index is -0.966. The summed E-state index contributed by atoms with van der Waals surface area (Å²) in [5.74, 6) is -1.42. The molecule has 13 heteroatoms. The molecular formula is C46H38ClN5O5S2. The zero-order valence-corrected chi connectivity index (χ0v) is 34.1. The minimum absolute atomic E-state index is 0.0250. The van der Waals surface area contributed by atoms with Gasteiger partial charge in [-0.15, -0.1) is 34.7 Å². The zero-order chi connectivity index (χ0) is 40.8. The van der Waals surface area contributed by atoms with Crippen molar-refractivity contribution in [1.29, 1.82) is 0 Å². The molecule has 0 radical (unpaired) electrons. The average molecular weight is 840 g/mol. The molecule has 0 aliphatic carbocycles. The van der Waals surface area contributed by atoms with E-state index in [4.69, 9.17) is 26.2 Å². The van der Waals surface area contributed by atoms with Crippen LogP contribution in [0.15, 0.2) is 173 Å². The van der Waals surface area contributed by atoms with Gasteiger partial charge in [-0.3, -0.25) is 14.5 Å². The van der Waals surface area contributed by atoms with Crippen LogP contribution in [0, 0.1) is 0 Å². The van der Waals surface area contributed by atoms with E-state index in [1.54, 1.807) is 5.38 Å². The number of hydrogen-bond acceptors (Lipinski definition) is 10. The van der Waals surface area contributed by atoms with Crippen molar-refractivity contribution in [1.82, 2.24) is 15.2 Å². The number of anilines is 1. The summed E-state index contributed by atoms with van der Waals surface area (Å²) in [5.41, 5.74) is 4.46. The van der Waals surface area contributed by atoms with Crippen molar-refractivity contribution < 1.29 is 24.0 Å². The van der Waals surface area contributed by atoms with E-state index in [0.717, 1.165) is 27.8 Å². The Morgan fingerprint density at radius 3 is 1.83 bits per heavy atom. The summed E-state index contributed by atoms with van der Waals surface area (Å²) in [6, 6.07) is 48.1. The highest BCUT2D eigenvalue weighted by molar-refractivity contribution is 8.00. The molecule has 2 amide bonds. The summed E-state index contributed by atoms with van der Waals surface area (Å²) in [5, 5.41) is 12.3. The molecule has 0 spiro atoms. The molecule has 2 atom stereocenters. The third-order valence-corrected chi connectivity index (χ3v) is 12.6. The number of nitrogens with zero attached hydrogens (tertiary/aromatic N) is 3. The number of ether oxygens (including phenoxy) is 1. The molecule has 59 heavy (non-hydrogen) atoms. The van der Waals surface area contributed by atoms with Gasteiger partial charge in [0, 0.05) is 17.0 Å². The number of amides is 2. The first-order valence-corrected chi connectivity index (χ1v) is 21.3. The number of benzene rings is 5. The molecule has 3 heterocycles. The predicted octanol–water partition coefficient (Wildman–Crippen LogP) is 8.12. The summed E-state index contributed by atoms with van der Waals surface area (Å²) < 4.78 is 6.17. The smallest absolute Gasteiger partial charge is 0.356 e. The molecule has 6 aromatic rings. The Labute approximate surface area is 354 Å². The quantitative estimate of drug-likeness (QED) is 0.0282. The lowest BCUT2D eigenvalue weighted by molar-refractivity contribution is -0.154. The highest BCUT2D eigenvalue weighted by Gasteiger charge is 2.55. The van der Waals surface area contributed by atoms with E-state index in [1.807, 2.05) is 115 Å². The lowest BCUT2D eigenvalue weighted by Crippen LogP contribution is -2.71. The fourth-order valence-electron chi connectivity index (χ4n) is 7.41. The SMILES string of the molecule is CO/N=C(/C(=O)NC1C(=O)N2C(C(=O)OC(c3ccccc3)c3ccccc3)=C(CCl)CS[C@H]12)c1csc(NC(c2ccccc2)(c2ccccc2)c2ccccc2)n1. The number of carbonyl (C=O) groups excluding carboxylic acids is 3. The van der Waals surface area contributed by atoms with Crippen LogP contribution in [-0.2, 0) is 29.5 Å². The van der Waals surface area contributed by atoms with Gasteiger partial charge < -0.3 is 20.2 Å². The van der Waals surface area contributed by atoms with E-state index in [-0.39, 0.29) is 23.0 Å². The van der Waals surface area contributed by atoms with Crippen LogP contribution in [0.25, 0.3) is 0 Å². The van der Waals surface area contributed by atoms with Gasteiger partial charge in [-0.05, 0) is 33.4 Å². The van der Waals surface area contributed by atoms with Crippen molar-refractivity contribution in [2.45, 2.75) is 23.1 Å². The van der Waals surface area contributed by atoms with Crippen molar-refractivity contribution in [3.05, 3.63) is 202 Å². The number of thioether (sulfide) groups is 1. The largest absolute Gasteiger partial charge is 0.448 e. The number of oxime groups is 1. The summed E-state index contributed by atoms with van der Waals surface area (Å²) in [6.45, 7) is 0. The lowest BCUT2D eigenvalue weighted by atomic mass is 9.77. The molecular weight excluding hydrogens is 802 g/mol. The summed E-state index contributed by atoms with van der Waals surface area (Å²) in [6.07, 6.45) is -0.725. The maximum absolute atomic E-state index is 14.1. The highest BCUT2D eigenvalue weighted by atomic mass is 35.5. The second-order valence-electron chi connectivity index (χ2n) is 13.7. The van der Waals surface area contributed by atoms with Crippen molar-refractivity contribution in [3.8, 4) is 0 Å². The van der Waals surface area contributed by atoms with Crippen LogP contribution in [0.5, 0.6) is 0 Å². The van der Waals surface area contributed by atoms with Gasteiger partial charge in [0.05, 0.1) is 0 Å². The Morgan fingerprint density at radius 2 is 1.34 bits per heavy atom. The number of carbonyl (C=O) groups is 3. The van der Waals surface area contributed by atoms with Crippen LogP contribution in [0.1, 0.15) is 39.6 Å². The summed E-state index contributed by atoms with van der Waals surface area (Å²) in [7, 11) is 1.34. The number of rotatable bonds is 14. The van der Waals surface area contributed by atoms with Crippen LogP contribution in [0.2, 0.25) is 0 Å². The number of nitrogens with one attached hydrogen (secondary N) is 2. The van der Waals surface area contributed by atoms with E-state index >= 15 is 0 Å². The number of halogens is 1. The second kappa shape index (κ2) is 17.7. The normalized spacial score (nSPS) is 16.6. The van der Waals surface area contributed by atoms with E-state index in [1.165, 1.54) is 35.1 Å². The van der Waals surface area contributed by atoms with Gasteiger partial charge in [0.25, 0.3) is 11.8 Å². The van der Waals surface area contributed by atoms with Crippen LogP contribution < -0.4 is 10.6 Å². The Kier molecular flexibility index (Phi) is 11.9. The Morgan fingerprint density at radius 1 is 0.831 bits per heavy atom. The van der Waals surface area contributed by atoms with Gasteiger partial charge in [0.15, 0.2) is 16.9 Å². The lowest BCUT2D eigenvalue weighted by Gasteiger charge is -2.49. The van der Waals surface area contributed by atoms with Crippen LogP contribution >= 0.6 is 34.7 Å². The van der Waals surface area contributed by atoms with Crippen molar-refractivity contribution >= 4 is 63.3 Å². The predicted molar refractivity (Wildman–Crippen MR) is 232 cm³/mol. The molecule has 1 unspecified atom stereocenters. The van der Waals surface area contributed by atoms with E-state index in [2.05, 4.69) is 52.2 Å². The average Bonchev–Trinajstić information content (AvgIpc) is 3.76. The van der Waals surface area contributed by atoms with Crippen LogP contribution in [-0.4, -0.2) is 63.5 Å². The van der Waals surface area contributed by atoms with Crippen LogP contribution in [0.4, 0.5) is 5.13 Å². The molecule has 1 aromatic heterocycles. The third-order valence-electron chi connectivity index (χ3n) is 10.2. The molecule has 0 bridgehead atoms. The molecule has 0 saturated carbocycles. The number of fused-ring (bicyclic) bond motifs is 1. The Bertz CT molecular complexity index is 2350. The molecule has 296 valence electrons. The van der Waals surface area contributed by atoms with E-state index in [9.17, 15) is 14.4 Å². The fraction of sp³-hybridized carbons (Fsp3) is 0.152. The molecule has 10 nitrogen and oxygen atoms in total. The van der Waals surface area contributed by atoms with Gasteiger partial charge in [-0.1, -0.05) is 157 Å². The van der Waals surface area contributed by atoms with E-state index in [0.29, 0.717) is 16.5 Å². The van der Waals surface area contributed by atoms with Gasteiger partial charge in [-0.25, -0.2) is 9.78 Å².